The normalized spacial score (nSPS) is 11.9. The zero-order valence-corrected chi connectivity index (χ0v) is 29.6. The number of aromatic nitrogens is 1. The Morgan fingerprint density at radius 2 is 1.11 bits per heavy atom. The summed E-state index contributed by atoms with van der Waals surface area (Å²) in [6.45, 7) is 19.2. The van der Waals surface area contributed by atoms with Gasteiger partial charge in [-0.15, -0.1) is 0 Å². The van der Waals surface area contributed by atoms with E-state index in [0.717, 1.165) is 48.8 Å². The van der Waals surface area contributed by atoms with Crippen molar-refractivity contribution in [1.82, 2.24) is 4.57 Å². The predicted molar refractivity (Wildman–Crippen MR) is 195 cm³/mol. The number of rotatable bonds is 13. The van der Waals surface area contributed by atoms with Crippen LogP contribution in [-0.2, 0) is 19.4 Å². The van der Waals surface area contributed by atoms with E-state index in [0.29, 0.717) is 0 Å². The van der Waals surface area contributed by atoms with Gasteiger partial charge in [0.1, 0.15) is 5.75 Å². The molecule has 3 aromatic rings. The maximum Gasteiger partial charge on any atom is 0.118 e. The van der Waals surface area contributed by atoms with E-state index in [1.54, 1.807) is 7.11 Å². The van der Waals surface area contributed by atoms with E-state index in [2.05, 4.69) is 138 Å². The monoisotopic (exact) mass is 601 g/mol. The van der Waals surface area contributed by atoms with Crippen molar-refractivity contribution < 1.29 is 4.74 Å². The third-order valence-electron chi connectivity index (χ3n) is 7.35. The van der Waals surface area contributed by atoms with Gasteiger partial charge in [-0.3, -0.25) is 4.99 Å². The van der Waals surface area contributed by atoms with Gasteiger partial charge in [0.15, 0.2) is 0 Å². The molecule has 1 aliphatic rings. The highest BCUT2D eigenvalue weighted by atomic mass is 16.5. The van der Waals surface area contributed by atoms with Crippen LogP contribution in [0.3, 0.4) is 0 Å². The Morgan fingerprint density at radius 3 is 1.57 bits per heavy atom. The summed E-state index contributed by atoms with van der Waals surface area (Å²) in [6.07, 6.45) is 18.1. The molecule has 0 unspecified atom stereocenters. The molecule has 2 aromatic carbocycles. The number of hydrogen-bond acceptors (Lipinski definition) is 2. The van der Waals surface area contributed by atoms with Crippen LogP contribution in [0.1, 0.15) is 105 Å². The van der Waals surface area contributed by atoms with Crippen LogP contribution in [-0.4, -0.2) is 17.9 Å². The van der Waals surface area contributed by atoms with E-state index in [1.807, 2.05) is 18.3 Å². The largest absolute Gasteiger partial charge is 0.497 e. The maximum atomic E-state index is 5.09. The minimum absolute atomic E-state index is 0.780. The number of methoxy groups -OCH3 is 1. The molecule has 1 aromatic heterocycles. The Hall–Kier alpha value is -3.07. The second kappa shape index (κ2) is 24.3. The first kappa shape index (κ1) is 39.0. The smallest absolute Gasteiger partial charge is 0.118 e. The van der Waals surface area contributed by atoms with Gasteiger partial charge < -0.3 is 9.30 Å². The molecule has 3 heteroatoms. The van der Waals surface area contributed by atoms with Crippen LogP contribution in [0.4, 0.5) is 0 Å². The van der Waals surface area contributed by atoms with Gasteiger partial charge in [-0.25, -0.2) is 0 Å². The highest BCUT2D eigenvalue weighted by molar-refractivity contribution is 5.64. The van der Waals surface area contributed by atoms with E-state index in [4.69, 9.17) is 4.74 Å². The van der Waals surface area contributed by atoms with Gasteiger partial charge in [-0.05, 0) is 104 Å². The molecule has 0 amide bonds. The highest BCUT2D eigenvalue weighted by Crippen LogP contribution is 2.16. The Bertz CT molecular complexity index is 1110. The van der Waals surface area contributed by atoms with Gasteiger partial charge in [-0.2, -0.15) is 0 Å². The van der Waals surface area contributed by atoms with Crippen molar-refractivity contribution in [1.29, 1.82) is 0 Å². The fourth-order valence-electron chi connectivity index (χ4n) is 4.29. The van der Waals surface area contributed by atoms with E-state index in [1.165, 1.54) is 55.3 Å². The third-order valence-corrected chi connectivity index (χ3v) is 7.35. The fraction of sp³-hybridized carbons (Fsp3) is 0.537. The van der Waals surface area contributed by atoms with Crippen molar-refractivity contribution in [3.8, 4) is 5.75 Å². The zero-order valence-electron chi connectivity index (χ0n) is 29.6. The summed E-state index contributed by atoms with van der Waals surface area (Å²) in [4.78, 5) is 4.24. The summed E-state index contributed by atoms with van der Waals surface area (Å²) in [5.74, 6) is 4.14. The van der Waals surface area contributed by atoms with Crippen LogP contribution in [0.25, 0.3) is 0 Å². The Kier molecular flexibility index (Phi) is 21.5. The molecule has 0 atom stereocenters. The van der Waals surface area contributed by atoms with Gasteiger partial charge in [0, 0.05) is 37.3 Å². The number of aliphatic imine (C=N–C) groups is 1. The molecule has 0 fully saturated rings. The Balaban J connectivity index is 0.000000295. The second-order valence-electron chi connectivity index (χ2n) is 13.5. The van der Waals surface area contributed by atoms with Gasteiger partial charge in [0.05, 0.1) is 7.11 Å². The first-order valence-corrected chi connectivity index (χ1v) is 17.1. The molecular formula is C41H64N2O. The molecule has 1 aliphatic heterocycles. The first-order valence-electron chi connectivity index (χ1n) is 17.1. The van der Waals surface area contributed by atoms with Crippen LogP contribution in [0.2, 0.25) is 0 Å². The predicted octanol–water partition coefficient (Wildman–Crippen LogP) is 11.9. The quantitative estimate of drug-likeness (QED) is 0.192. The maximum absolute atomic E-state index is 5.09. The van der Waals surface area contributed by atoms with E-state index in [-0.39, 0.29) is 0 Å². The number of allylic oxidation sites excluding steroid dienone is 2. The minimum atomic E-state index is 0.780. The van der Waals surface area contributed by atoms with Crippen molar-refractivity contribution in [2.24, 2.45) is 28.7 Å². The lowest BCUT2D eigenvalue weighted by Gasteiger charge is -2.05. The van der Waals surface area contributed by atoms with Gasteiger partial charge in [0.2, 0.25) is 0 Å². The molecule has 44 heavy (non-hydrogen) atoms. The van der Waals surface area contributed by atoms with Gasteiger partial charge >= 0.3 is 0 Å². The molecule has 4 rings (SSSR count). The molecule has 3 nitrogen and oxygen atoms in total. The topological polar surface area (TPSA) is 26.5 Å². The lowest BCUT2D eigenvalue weighted by Crippen LogP contribution is -1.97. The van der Waals surface area contributed by atoms with Crippen LogP contribution in [0, 0.1) is 23.7 Å². The SMILES string of the molecule is CC(C)CCC1=CCC=N1.CC(C)CCc1ccccc1.CC(C)CCn1cccc1.COc1ccc(CCC(C)C)cc1. The minimum Gasteiger partial charge on any atom is -0.497 e. The molecule has 0 saturated heterocycles. The molecule has 2 heterocycles. The average Bonchev–Trinajstić information content (AvgIpc) is 3.74. The van der Waals surface area contributed by atoms with E-state index in [9.17, 15) is 0 Å². The molecule has 0 N–H and O–H groups in total. The molecule has 0 saturated carbocycles. The fourth-order valence-corrected chi connectivity index (χ4v) is 4.29. The lowest BCUT2D eigenvalue weighted by atomic mass is 10.0. The van der Waals surface area contributed by atoms with Crippen molar-refractivity contribution in [3.63, 3.8) is 0 Å². The van der Waals surface area contributed by atoms with Crippen LogP contribution in [0.5, 0.6) is 5.75 Å². The lowest BCUT2D eigenvalue weighted by molar-refractivity contribution is 0.414. The molecule has 0 aliphatic carbocycles. The van der Waals surface area contributed by atoms with E-state index < -0.39 is 0 Å². The van der Waals surface area contributed by atoms with Crippen molar-refractivity contribution in [2.45, 2.75) is 113 Å². The number of aryl methyl sites for hydroxylation is 3. The average molecular weight is 601 g/mol. The third kappa shape index (κ3) is 21.6. The molecule has 0 radical (unpaired) electrons. The highest BCUT2D eigenvalue weighted by Gasteiger charge is 2.00. The van der Waals surface area contributed by atoms with Crippen LogP contribution in [0.15, 0.2) is 95.9 Å². The molecular weight excluding hydrogens is 536 g/mol. The summed E-state index contributed by atoms with van der Waals surface area (Å²) in [5.41, 5.74) is 4.14. The molecule has 0 bridgehead atoms. The van der Waals surface area contributed by atoms with Crippen LogP contribution < -0.4 is 4.74 Å². The Labute approximate surface area is 271 Å². The number of nitrogens with zero attached hydrogens (tertiary/aromatic N) is 2. The number of ether oxygens (including phenoxy) is 1. The Morgan fingerprint density at radius 1 is 0.614 bits per heavy atom. The summed E-state index contributed by atoms with van der Waals surface area (Å²) < 4.78 is 7.32. The summed E-state index contributed by atoms with van der Waals surface area (Å²) in [6, 6.07) is 23.1. The summed E-state index contributed by atoms with van der Waals surface area (Å²) >= 11 is 0. The van der Waals surface area contributed by atoms with Gasteiger partial charge in [-0.1, -0.05) is 104 Å². The number of benzene rings is 2. The van der Waals surface area contributed by atoms with Crippen LogP contribution >= 0.6 is 0 Å². The zero-order chi connectivity index (χ0) is 32.6. The summed E-state index contributed by atoms with van der Waals surface area (Å²) in [5, 5.41) is 0. The van der Waals surface area contributed by atoms with E-state index >= 15 is 0 Å². The second-order valence-corrected chi connectivity index (χ2v) is 13.5. The molecule has 0 spiro atoms. The van der Waals surface area contributed by atoms with Gasteiger partial charge in [0.25, 0.3) is 0 Å². The van der Waals surface area contributed by atoms with Crippen molar-refractivity contribution in [2.75, 3.05) is 7.11 Å². The first-order chi connectivity index (χ1) is 21.1. The number of hydrogen-bond donors (Lipinski definition) is 0. The standard InChI is InChI=1S/C12H18O.C11H16.2C9H15N/c1-10(2)4-5-11-6-8-12(13-3)9-7-11;1-10(2)8-9-11-6-4-3-5-7-11;1-8(2)5-6-9-4-3-7-10-9;1-9(2)5-8-10-6-3-4-7-10/h6-10H,4-5H2,1-3H3;3-7,10H,8-9H2,1-2H3;4,7-8H,3,5-6H2,1-2H3;3-4,6-7,9H,5,8H2,1-2H3. The summed E-state index contributed by atoms with van der Waals surface area (Å²) in [7, 11) is 1.70. The molecule has 244 valence electrons. The van der Waals surface area contributed by atoms with Crippen molar-refractivity contribution in [3.05, 3.63) is 102 Å². The van der Waals surface area contributed by atoms with Crippen molar-refractivity contribution >= 4 is 6.21 Å².